The quantitative estimate of drug-likeness (QED) is 0.775. The zero-order valence-corrected chi connectivity index (χ0v) is 14.2. The van der Waals surface area contributed by atoms with Crippen molar-refractivity contribution in [3.05, 3.63) is 64.0 Å². The summed E-state index contributed by atoms with van der Waals surface area (Å²) >= 11 is 0. The van der Waals surface area contributed by atoms with Crippen molar-refractivity contribution >= 4 is 16.9 Å². The molecule has 132 valence electrons. The van der Waals surface area contributed by atoms with Crippen LogP contribution in [0.25, 0.3) is 22.0 Å². The van der Waals surface area contributed by atoms with E-state index in [9.17, 15) is 19.1 Å². The first kappa shape index (κ1) is 16.4. The molecule has 5 nitrogen and oxygen atoms in total. The van der Waals surface area contributed by atoms with E-state index in [1.54, 1.807) is 22.9 Å². The highest BCUT2D eigenvalue weighted by Crippen LogP contribution is 2.38. The average molecular weight is 352 g/mol. The molecule has 1 aliphatic carbocycles. The van der Waals surface area contributed by atoms with Crippen LogP contribution in [0.1, 0.15) is 41.9 Å². The maximum Gasteiger partial charge on any atom is 0.341 e. The highest BCUT2D eigenvalue weighted by atomic mass is 19.1. The lowest BCUT2D eigenvalue weighted by atomic mass is 10.0. The first-order chi connectivity index (χ1) is 12.5. The fraction of sp³-hybridized carbons (Fsp3) is 0.250. The highest BCUT2D eigenvalue weighted by Gasteiger charge is 2.27. The zero-order valence-electron chi connectivity index (χ0n) is 14.2. The number of hydrogen-bond acceptors (Lipinski definition) is 3. The van der Waals surface area contributed by atoms with Crippen molar-refractivity contribution in [3.8, 4) is 11.1 Å². The fourth-order valence-corrected chi connectivity index (χ4v) is 3.24. The molecule has 0 atom stereocenters. The minimum atomic E-state index is -1.29. The van der Waals surface area contributed by atoms with E-state index >= 15 is 0 Å². The van der Waals surface area contributed by atoms with Crippen LogP contribution >= 0.6 is 0 Å². The number of aromatic nitrogens is 2. The third kappa shape index (κ3) is 2.67. The second-order valence-electron chi connectivity index (χ2n) is 6.55. The summed E-state index contributed by atoms with van der Waals surface area (Å²) in [6, 6.07) is 6.51. The molecule has 0 radical (unpaired) electrons. The summed E-state index contributed by atoms with van der Waals surface area (Å²) in [4.78, 5) is 28.1. The summed E-state index contributed by atoms with van der Waals surface area (Å²) in [7, 11) is 0. The Labute approximate surface area is 148 Å². The van der Waals surface area contributed by atoms with Gasteiger partial charge in [0.2, 0.25) is 5.43 Å². The monoisotopic (exact) mass is 352 g/mol. The smallest absolute Gasteiger partial charge is 0.341 e. The Morgan fingerprint density at radius 1 is 1.35 bits per heavy atom. The Morgan fingerprint density at radius 2 is 2.12 bits per heavy atom. The molecule has 0 aliphatic heterocycles. The summed E-state index contributed by atoms with van der Waals surface area (Å²) in [5.41, 5.74) is 1.50. The minimum absolute atomic E-state index is 0.0998. The number of aromatic carboxylic acids is 1. The van der Waals surface area contributed by atoms with Crippen molar-refractivity contribution in [1.29, 1.82) is 0 Å². The van der Waals surface area contributed by atoms with E-state index in [0.717, 1.165) is 31.0 Å². The molecule has 2 aromatic heterocycles. The summed E-state index contributed by atoms with van der Waals surface area (Å²) in [6.45, 7) is 1.97. The van der Waals surface area contributed by atoms with Gasteiger partial charge in [-0.2, -0.15) is 0 Å². The highest BCUT2D eigenvalue weighted by molar-refractivity contribution is 5.94. The number of benzene rings is 1. The van der Waals surface area contributed by atoms with E-state index in [4.69, 9.17) is 0 Å². The van der Waals surface area contributed by atoms with Crippen LogP contribution in [-0.4, -0.2) is 20.6 Å². The van der Waals surface area contributed by atoms with Gasteiger partial charge in [0.1, 0.15) is 11.4 Å². The van der Waals surface area contributed by atoms with Crippen molar-refractivity contribution in [2.24, 2.45) is 0 Å². The van der Waals surface area contributed by atoms with E-state index in [1.807, 2.05) is 13.0 Å². The van der Waals surface area contributed by atoms with E-state index in [-0.39, 0.29) is 17.0 Å². The molecule has 0 bridgehead atoms. The molecule has 1 aliphatic rings. The van der Waals surface area contributed by atoms with Crippen LogP contribution in [0.4, 0.5) is 4.39 Å². The molecule has 0 spiro atoms. The molecule has 1 saturated carbocycles. The average Bonchev–Trinajstić information content (AvgIpc) is 3.47. The topological polar surface area (TPSA) is 72.2 Å². The van der Waals surface area contributed by atoms with E-state index in [1.165, 1.54) is 6.20 Å². The number of nitrogens with zero attached hydrogens (tertiary/aromatic N) is 2. The molecular formula is C20H17FN2O3. The van der Waals surface area contributed by atoms with Gasteiger partial charge in [0.15, 0.2) is 0 Å². The van der Waals surface area contributed by atoms with Crippen molar-refractivity contribution in [3.63, 3.8) is 0 Å². The first-order valence-electron chi connectivity index (χ1n) is 8.56. The van der Waals surface area contributed by atoms with Gasteiger partial charge in [-0.05, 0) is 49.1 Å². The lowest BCUT2D eigenvalue weighted by molar-refractivity contribution is 0.0695. The molecule has 0 saturated heterocycles. The summed E-state index contributed by atoms with van der Waals surface area (Å²) in [6.07, 6.45) is 5.59. The molecule has 3 aromatic rings. The zero-order chi connectivity index (χ0) is 18.4. The lowest BCUT2D eigenvalue weighted by Gasteiger charge is -2.14. The van der Waals surface area contributed by atoms with Crippen molar-refractivity contribution in [1.82, 2.24) is 9.55 Å². The number of carboxylic acid groups (broad SMARTS) is 1. The van der Waals surface area contributed by atoms with E-state index in [0.29, 0.717) is 16.6 Å². The molecule has 26 heavy (non-hydrogen) atoms. The van der Waals surface area contributed by atoms with Crippen LogP contribution in [0, 0.1) is 5.82 Å². The van der Waals surface area contributed by atoms with Crippen molar-refractivity contribution in [2.75, 3.05) is 0 Å². The maximum absolute atomic E-state index is 14.8. The molecule has 2 heterocycles. The van der Waals surface area contributed by atoms with E-state index < -0.39 is 17.2 Å². The van der Waals surface area contributed by atoms with Gasteiger partial charge >= 0.3 is 5.97 Å². The summed E-state index contributed by atoms with van der Waals surface area (Å²) in [5, 5.41) is 9.40. The summed E-state index contributed by atoms with van der Waals surface area (Å²) in [5.74, 6) is -1.84. The number of halogens is 1. The second kappa shape index (κ2) is 6.05. The van der Waals surface area contributed by atoms with Gasteiger partial charge in [-0.3, -0.25) is 9.78 Å². The predicted octanol–water partition coefficient (Wildman–Crippen LogP) is 3.80. The number of hydrogen-bond donors (Lipinski definition) is 1. The van der Waals surface area contributed by atoms with Gasteiger partial charge < -0.3 is 9.67 Å². The Hall–Kier alpha value is -3.02. The minimum Gasteiger partial charge on any atom is -0.477 e. The van der Waals surface area contributed by atoms with Crippen LogP contribution in [0.15, 0.2) is 41.5 Å². The standard InChI is InChI=1S/C20H17FN2O3/c1-2-12-7-11(5-6-22-12)14-9-18-15(8-17(14)21)19(24)16(20(25)26)10-23(18)13-3-4-13/h5-10,13H,2-4H2,1H3,(H,25,26). The normalized spacial score (nSPS) is 13.9. The molecule has 0 amide bonds. The molecule has 0 unspecified atom stereocenters. The van der Waals surface area contributed by atoms with Gasteiger partial charge in [0.05, 0.1) is 5.52 Å². The maximum atomic E-state index is 14.8. The van der Waals surface area contributed by atoms with Gasteiger partial charge in [0.25, 0.3) is 0 Å². The SMILES string of the molecule is CCc1cc(-c2cc3c(cc2F)c(=O)c(C(=O)O)cn3C2CC2)ccn1. The largest absolute Gasteiger partial charge is 0.477 e. The third-order valence-corrected chi connectivity index (χ3v) is 4.78. The summed E-state index contributed by atoms with van der Waals surface area (Å²) < 4.78 is 16.6. The Bertz CT molecular complexity index is 1100. The number of rotatable bonds is 4. The second-order valence-corrected chi connectivity index (χ2v) is 6.55. The van der Waals surface area contributed by atoms with Crippen LogP contribution in [0.2, 0.25) is 0 Å². The molecule has 6 heteroatoms. The molecule has 1 N–H and O–H groups in total. The Balaban J connectivity index is 2.02. The van der Waals surface area contributed by atoms with Gasteiger partial charge in [0, 0.05) is 35.1 Å². The lowest BCUT2D eigenvalue weighted by Crippen LogP contribution is -2.19. The van der Waals surface area contributed by atoms with Gasteiger partial charge in [-0.1, -0.05) is 6.92 Å². The third-order valence-electron chi connectivity index (χ3n) is 4.78. The molecule has 1 aromatic carbocycles. The van der Waals surface area contributed by atoms with Crippen LogP contribution in [0.3, 0.4) is 0 Å². The first-order valence-corrected chi connectivity index (χ1v) is 8.56. The number of aryl methyl sites for hydroxylation is 1. The number of pyridine rings is 2. The predicted molar refractivity (Wildman–Crippen MR) is 96.0 cm³/mol. The van der Waals surface area contributed by atoms with Crippen LogP contribution in [-0.2, 0) is 6.42 Å². The van der Waals surface area contributed by atoms with Crippen molar-refractivity contribution < 1.29 is 14.3 Å². The number of carbonyl (C=O) groups is 1. The number of carboxylic acids is 1. The van der Waals surface area contributed by atoms with Crippen LogP contribution < -0.4 is 5.43 Å². The van der Waals surface area contributed by atoms with Crippen LogP contribution in [0.5, 0.6) is 0 Å². The number of fused-ring (bicyclic) bond motifs is 1. The van der Waals surface area contributed by atoms with Gasteiger partial charge in [-0.15, -0.1) is 0 Å². The fourth-order valence-electron chi connectivity index (χ4n) is 3.24. The Morgan fingerprint density at radius 3 is 2.77 bits per heavy atom. The Kier molecular flexibility index (Phi) is 3.83. The molecule has 4 rings (SSSR count). The molecular weight excluding hydrogens is 335 g/mol. The molecule has 1 fully saturated rings. The van der Waals surface area contributed by atoms with Gasteiger partial charge in [-0.25, -0.2) is 9.18 Å². The van der Waals surface area contributed by atoms with E-state index in [2.05, 4.69) is 4.98 Å². The van der Waals surface area contributed by atoms with Crippen molar-refractivity contribution in [2.45, 2.75) is 32.2 Å².